The summed E-state index contributed by atoms with van der Waals surface area (Å²) in [6.45, 7) is 0. The summed E-state index contributed by atoms with van der Waals surface area (Å²) in [5, 5.41) is 21.8. The number of benzene rings is 2. The Kier molecular flexibility index (Phi) is 5.92. The standard InChI is InChI=1S/C26H27N7/c27-16-22-17-29-26-24(30-20-9-5-2-6-10-20)23(15-18-7-3-1-4-8-18)25(32-33(22)26)31-21-13-11-19(28)12-14-21/h1-10,17,19,21,30H,11-15,28H2,(H,31,32)/t19-,21-. The van der Waals surface area contributed by atoms with Gasteiger partial charge >= 0.3 is 0 Å². The summed E-state index contributed by atoms with van der Waals surface area (Å²) >= 11 is 0. The summed E-state index contributed by atoms with van der Waals surface area (Å²) in [7, 11) is 0. The van der Waals surface area contributed by atoms with Crippen molar-refractivity contribution in [2.24, 2.45) is 5.73 Å². The van der Waals surface area contributed by atoms with Gasteiger partial charge in [0.2, 0.25) is 0 Å². The van der Waals surface area contributed by atoms with Gasteiger partial charge in [0.25, 0.3) is 0 Å². The largest absolute Gasteiger partial charge is 0.366 e. The van der Waals surface area contributed by atoms with E-state index >= 15 is 0 Å². The number of para-hydroxylation sites is 1. The van der Waals surface area contributed by atoms with Gasteiger partial charge in [-0.2, -0.15) is 9.78 Å². The number of rotatable bonds is 6. The maximum absolute atomic E-state index is 9.65. The molecule has 2 heterocycles. The molecule has 2 aromatic carbocycles. The first-order valence-electron chi connectivity index (χ1n) is 11.4. The van der Waals surface area contributed by atoms with Crippen molar-refractivity contribution in [3.63, 3.8) is 0 Å². The molecule has 1 aliphatic carbocycles. The van der Waals surface area contributed by atoms with E-state index < -0.39 is 0 Å². The molecule has 2 aromatic heterocycles. The second-order valence-corrected chi connectivity index (χ2v) is 8.60. The van der Waals surface area contributed by atoms with Gasteiger partial charge in [-0.05, 0) is 43.4 Å². The monoisotopic (exact) mass is 437 g/mol. The van der Waals surface area contributed by atoms with E-state index in [2.05, 4.69) is 33.8 Å². The Morgan fingerprint density at radius 1 is 1.00 bits per heavy atom. The fourth-order valence-electron chi connectivity index (χ4n) is 4.45. The summed E-state index contributed by atoms with van der Waals surface area (Å²) in [5.41, 5.74) is 11.2. The van der Waals surface area contributed by atoms with Crippen molar-refractivity contribution in [2.75, 3.05) is 10.6 Å². The van der Waals surface area contributed by atoms with Gasteiger partial charge in [0.1, 0.15) is 6.07 Å². The predicted octanol–water partition coefficient (Wildman–Crippen LogP) is 4.62. The van der Waals surface area contributed by atoms with Crippen molar-refractivity contribution in [3.8, 4) is 6.07 Å². The number of fused-ring (bicyclic) bond motifs is 1. The van der Waals surface area contributed by atoms with Crippen LogP contribution in [0.25, 0.3) is 5.65 Å². The molecule has 0 amide bonds. The lowest BCUT2D eigenvalue weighted by molar-refractivity contribution is 0.410. The van der Waals surface area contributed by atoms with Gasteiger partial charge < -0.3 is 16.4 Å². The third-order valence-electron chi connectivity index (χ3n) is 6.24. The molecule has 0 spiro atoms. The van der Waals surface area contributed by atoms with E-state index in [0.717, 1.165) is 48.4 Å². The summed E-state index contributed by atoms with van der Waals surface area (Å²) in [6.07, 6.45) is 6.26. The van der Waals surface area contributed by atoms with Gasteiger partial charge in [0.05, 0.1) is 11.9 Å². The van der Waals surface area contributed by atoms with E-state index in [1.807, 2.05) is 48.5 Å². The minimum absolute atomic E-state index is 0.274. The van der Waals surface area contributed by atoms with Crippen LogP contribution in [0.1, 0.15) is 42.5 Å². The molecule has 0 aliphatic heterocycles. The zero-order valence-corrected chi connectivity index (χ0v) is 18.4. The molecule has 5 rings (SSSR count). The van der Waals surface area contributed by atoms with Crippen LogP contribution in [0.3, 0.4) is 0 Å². The molecule has 0 radical (unpaired) electrons. The minimum atomic E-state index is 0.274. The first kappa shape index (κ1) is 21.0. The molecule has 4 N–H and O–H groups in total. The van der Waals surface area contributed by atoms with Crippen LogP contribution in [-0.4, -0.2) is 26.7 Å². The van der Waals surface area contributed by atoms with E-state index in [4.69, 9.17) is 10.8 Å². The zero-order chi connectivity index (χ0) is 22.6. The fourth-order valence-corrected chi connectivity index (χ4v) is 4.45. The van der Waals surface area contributed by atoms with E-state index in [9.17, 15) is 5.26 Å². The molecule has 33 heavy (non-hydrogen) atoms. The Hall–Kier alpha value is -3.89. The van der Waals surface area contributed by atoms with Gasteiger partial charge in [-0.3, -0.25) is 0 Å². The highest BCUT2D eigenvalue weighted by Crippen LogP contribution is 2.33. The van der Waals surface area contributed by atoms with Crippen LogP contribution in [0.5, 0.6) is 0 Å². The number of nitrogens with two attached hydrogens (primary N) is 1. The van der Waals surface area contributed by atoms with Gasteiger partial charge in [0.15, 0.2) is 17.2 Å². The Balaban J connectivity index is 1.65. The number of hydrogen-bond acceptors (Lipinski definition) is 6. The lowest BCUT2D eigenvalue weighted by Crippen LogP contribution is -2.33. The average Bonchev–Trinajstić information content (AvgIpc) is 3.26. The number of imidazole rings is 1. The fraction of sp³-hybridized carbons (Fsp3) is 0.269. The molecule has 4 aromatic rings. The first-order chi connectivity index (χ1) is 16.2. The molecule has 166 valence electrons. The van der Waals surface area contributed by atoms with Crippen molar-refractivity contribution >= 4 is 22.8 Å². The van der Waals surface area contributed by atoms with Crippen molar-refractivity contribution in [2.45, 2.75) is 44.2 Å². The summed E-state index contributed by atoms with van der Waals surface area (Å²) < 4.78 is 1.64. The molecule has 7 heteroatoms. The van der Waals surface area contributed by atoms with Crippen molar-refractivity contribution in [1.29, 1.82) is 5.26 Å². The normalized spacial score (nSPS) is 18.1. The highest BCUT2D eigenvalue weighted by Gasteiger charge is 2.24. The molecule has 0 atom stereocenters. The van der Waals surface area contributed by atoms with E-state index in [1.54, 1.807) is 10.7 Å². The average molecular weight is 438 g/mol. The highest BCUT2D eigenvalue weighted by atomic mass is 15.3. The number of anilines is 3. The van der Waals surface area contributed by atoms with Crippen molar-refractivity contribution < 1.29 is 0 Å². The summed E-state index contributed by atoms with van der Waals surface area (Å²) in [5.74, 6) is 0.778. The first-order valence-corrected chi connectivity index (χ1v) is 11.4. The third-order valence-corrected chi connectivity index (χ3v) is 6.24. The van der Waals surface area contributed by atoms with Crippen LogP contribution in [0.2, 0.25) is 0 Å². The molecule has 0 bridgehead atoms. The number of nitrogens with one attached hydrogen (secondary N) is 2. The third kappa shape index (κ3) is 4.52. The maximum Gasteiger partial charge on any atom is 0.179 e. The van der Waals surface area contributed by atoms with Crippen LogP contribution in [0, 0.1) is 11.3 Å². The van der Waals surface area contributed by atoms with Gasteiger partial charge in [-0.25, -0.2) is 4.98 Å². The summed E-state index contributed by atoms with van der Waals surface area (Å²) in [6, 6.07) is 23.1. The van der Waals surface area contributed by atoms with Gasteiger partial charge in [-0.15, -0.1) is 5.10 Å². The van der Waals surface area contributed by atoms with E-state index in [0.29, 0.717) is 23.8 Å². The maximum atomic E-state index is 9.65. The highest BCUT2D eigenvalue weighted by molar-refractivity contribution is 5.81. The van der Waals surface area contributed by atoms with Crippen molar-refractivity contribution in [3.05, 3.63) is 83.7 Å². The molecule has 1 saturated carbocycles. The quantitative estimate of drug-likeness (QED) is 0.407. The molecular formula is C26H27N7. The Bertz CT molecular complexity index is 1270. The van der Waals surface area contributed by atoms with Gasteiger partial charge in [0, 0.05) is 29.8 Å². The smallest absolute Gasteiger partial charge is 0.179 e. The lowest BCUT2D eigenvalue weighted by Gasteiger charge is -2.28. The van der Waals surface area contributed by atoms with Crippen LogP contribution in [-0.2, 0) is 6.42 Å². The van der Waals surface area contributed by atoms with Crippen LogP contribution in [0.4, 0.5) is 17.2 Å². The van der Waals surface area contributed by atoms with Crippen molar-refractivity contribution in [1.82, 2.24) is 14.6 Å². The second-order valence-electron chi connectivity index (χ2n) is 8.60. The van der Waals surface area contributed by atoms with E-state index in [1.165, 1.54) is 5.56 Å². The molecular weight excluding hydrogens is 410 g/mol. The Morgan fingerprint density at radius 3 is 2.39 bits per heavy atom. The topological polar surface area (TPSA) is 104 Å². The molecule has 7 nitrogen and oxygen atoms in total. The van der Waals surface area contributed by atoms with Crippen LogP contribution < -0.4 is 16.4 Å². The number of nitrogens with zero attached hydrogens (tertiary/aromatic N) is 4. The van der Waals surface area contributed by atoms with Gasteiger partial charge in [-0.1, -0.05) is 48.5 Å². The van der Waals surface area contributed by atoms with E-state index in [-0.39, 0.29) is 6.04 Å². The minimum Gasteiger partial charge on any atom is -0.366 e. The lowest BCUT2D eigenvalue weighted by atomic mass is 9.91. The molecule has 1 aliphatic rings. The molecule has 0 unspecified atom stereocenters. The number of hydrogen-bond donors (Lipinski definition) is 3. The van der Waals surface area contributed by atoms with Crippen LogP contribution >= 0.6 is 0 Å². The van der Waals surface area contributed by atoms with Crippen LogP contribution in [0.15, 0.2) is 66.9 Å². The molecule has 1 fully saturated rings. The Morgan fingerprint density at radius 2 is 1.70 bits per heavy atom. The second kappa shape index (κ2) is 9.31. The summed E-state index contributed by atoms with van der Waals surface area (Å²) in [4.78, 5) is 4.56. The number of nitriles is 1. The predicted molar refractivity (Wildman–Crippen MR) is 131 cm³/mol. The zero-order valence-electron chi connectivity index (χ0n) is 18.4. The SMILES string of the molecule is N#Cc1cnc2c(Nc3ccccc3)c(Cc3ccccc3)c(N[C@H]3CC[C@H](N)CC3)nn12. The Labute approximate surface area is 193 Å². The number of aromatic nitrogens is 3. The molecule has 0 saturated heterocycles.